The molecule has 0 bridgehead atoms. The number of fused-ring (bicyclic) bond motifs is 1. The molecule has 3 aromatic heterocycles. The van der Waals surface area contributed by atoms with Crippen LogP contribution in [-0.2, 0) is 25.4 Å². The Kier molecular flexibility index (Phi) is 4.11. The molecule has 1 aromatic carbocycles. The van der Waals surface area contributed by atoms with Crippen molar-refractivity contribution in [2.24, 2.45) is 14.1 Å². The monoisotopic (exact) mass is 380 g/mol. The second-order valence-electron chi connectivity index (χ2n) is 6.17. The van der Waals surface area contributed by atoms with Gasteiger partial charge in [0.25, 0.3) is 5.56 Å². The van der Waals surface area contributed by atoms with Crippen molar-refractivity contribution in [1.82, 2.24) is 33.4 Å². The van der Waals surface area contributed by atoms with E-state index in [0.717, 1.165) is 4.57 Å². The maximum atomic E-state index is 12.7. The van der Waals surface area contributed by atoms with E-state index in [2.05, 4.69) is 20.4 Å². The molecule has 28 heavy (non-hydrogen) atoms. The number of carbonyl (C=O) groups is 1. The highest BCUT2D eigenvalue weighted by atomic mass is 16.2. The lowest BCUT2D eigenvalue weighted by Crippen LogP contribution is -2.42. The van der Waals surface area contributed by atoms with Crippen molar-refractivity contribution in [3.05, 3.63) is 64.1 Å². The molecule has 1 N–H and O–H groups in total. The maximum absolute atomic E-state index is 12.7. The van der Waals surface area contributed by atoms with Gasteiger partial charge in [0.05, 0.1) is 17.7 Å². The van der Waals surface area contributed by atoms with Gasteiger partial charge in [0, 0.05) is 14.1 Å². The van der Waals surface area contributed by atoms with Crippen LogP contribution in [0.15, 0.2) is 52.8 Å². The quantitative estimate of drug-likeness (QED) is 0.517. The van der Waals surface area contributed by atoms with Crippen molar-refractivity contribution >= 4 is 22.8 Å². The number of rotatable bonds is 4. The number of nitrogens with zero attached hydrogens (tertiary/aromatic N) is 7. The van der Waals surface area contributed by atoms with E-state index in [-0.39, 0.29) is 11.2 Å². The van der Waals surface area contributed by atoms with Crippen LogP contribution in [0.25, 0.3) is 16.9 Å². The van der Waals surface area contributed by atoms with E-state index in [0.29, 0.717) is 11.4 Å². The predicted octanol–water partition coefficient (Wildman–Crippen LogP) is -0.347. The Morgan fingerprint density at radius 1 is 1.14 bits per heavy atom. The van der Waals surface area contributed by atoms with Crippen LogP contribution >= 0.6 is 0 Å². The molecule has 0 radical (unpaired) electrons. The number of benzene rings is 1. The topological polar surface area (TPSA) is 122 Å². The number of imidazole rings is 1. The summed E-state index contributed by atoms with van der Waals surface area (Å²) in [6.45, 7) is -0.432. The molecule has 4 aromatic rings. The van der Waals surface area contributed by atoms with E-state index in [9.17, 15) is 14.4 Å². The minimum absolute atomic E-state index is 0.248. The number of carbonyl (C=O) groups excluding carboxylic acids is 1. The molecule has 3 heterocycles. The Balaban J connectivity index is 1.69. The highest BCUT2D eigenvalue weighted by molar-refractivity contribution is 5.92. The molecule has 0 saturated carbocycles. The number of nitrogens with one attached hydrogen (secondary N) is 1. The standard InChI is InChI=1S/C17H16N8O3/c1-22-10-19-15-14(22)16(27)24(17(28)23(15)2)7-13(26)21-11-5-3-4-6-12(11)25-9-18-8-20-25/h3-6,8-10H,7H2,1-2H3,(H,21,26). The van der Waals surface area contributed by atoms with Crippen LogP contribution < -0.4 is 16.6 Å². The van der Waals surface area contributed by atoms with Gasteiger partial charge in [0.1, 0.15) is 19.2 Å². The number of hydrogen-bond acceptors (Lipinski definition) is 6. The third-order valence-electron chi connectivity index (χ3n) is 4.35. The molecule has 142 valence electrons. The van der Waals surface area contributed by atoms with Crippen molar-refractivity contribution in [3.8, 4) is 5.69 Å². The van der Waals surface area contributed by atoms with Gasteiger partial charge in [-0.15, -0.1) is 0 Å². The average Bonchev–Trinajstić information content (AvgIpc) is 3.34. The molecule has 0 spiro atoms. The van der Waals surface area contributed by atoms with Crippen LogP contribution in [0.2, 0.25) is 0 Å². The summed E-state index contributed by atoms with van der Waals surface area (Å²) in [5.41, 5.74) is 0.414. The zero-order valence-electron chi connectivity index (χ0n) is 15.1. The number of amides is 1. The third-order valence-corrected chi connectivity index (χ3v) is 4.35. The maximum Gasteiger partial charge on any atom is 0.332 e. The number of aromatic nitrogens is 7. The molecule has 0 saturated heterocycles. The molecule has 4 rings (SSSR count). The Labute approximate surface area is 157 Å². The van der Waals surface area contributed by atoms with Crippen molar-refractivity contribution in [1.29, 1.82) is 0 Å². The smallest absolute Gasteiger partial charge is 0.328 e. The lowest BCUT2D eigenvalue weighted by Gasteiger charge is -2.12. The summed E-state index contributed by atoms with van der Waals surface area (Å²) in [5.74, 6) is -0.520. The van der Waals surface area contributed by atoms with E-state index in [1.54, 1.807) is 31.3 Å². The first-order valence-corrected chi connectivity index (χ1v) is 8.32. The zero-order chi connectivity index (χ0) is 19.8. The lowest BCUT2D eigenvalue weighted by atomic mass is 10.2. The molecule has 0 unspecified atom stereocenters. The Morgan fingerprint density at radius 2 is 1.93 bits per heavy atom. The first-order valence-electron chi connectivity index (χ1n) is 8.32. The molecule has 11 nitrogen and oxygen atoms in total. The van der Waals surface area contributed by atoms with Gasteiger partial charge in [-0.2, -0.15) is 5.10 Å². The van der Waals surface area contributed by atoms with Crippen molar-refractivity contribution in [3.63, 3.8) is 0 Å². The van der Waals surface area contributed by atoms with E-state index in [4.69, 9.17) is 0 Å². The fraction of sp³-hybridized carbons (Fsp3) is 0.176. The second kappa shape index (κ2) is 6.61. The van der Waals surface area contributed by atoms with E-state index >= 15 is 0 Å². The third kappa shape index (κ3) is 2.78. The molecular weight excluding hydrogens is 364 g/mol. The molecule has 11 heteroatoms. The summed E-state index contributed by atoms with van der Waals surface area (Å²) in [7, 11) is 3.16. The van der Waals surface area contributed by atoms with Crippen LogP contribution in [0.5, 0.6) is 0 Å². The largest absolute Gasteiger partial charge is 0.332 e. The SMILES string of the molecule is Cn1cnc2c1c(=O)n(CC(=O)Nc1ccccc1-n1cncn1)c(=O)n2C. The van der Waals surface area contributed by atoms with Crippen LogP contribution in [0, 0.1) is 0 Å². The van der Waals surface area contributed by atoms with E-state index in [1.807, 2.05) is 0 Å². The predicted molar refractivity (Wildman–Crippen MR) is 100 cm³/mol. The van der Waals surface area contributed by atoms with Gasteiger partial charge in [0.2, 0.25) is 5.91 Å². The normalized spacial score (nSPS) is 11.1. The summed E-state index contributed by atoms with van der Waals surface area (Å²) < 4.78 is 5.15. The first kappa shape index (κ1) is 17.4. The van der Waals surface area contributed by atoms with Gasteiger partial charge in [-0.3, -0.25) is 14.2 Å². The summed E-state index contributed by atoms with van der Waals surface area (Å²) in [5, 5.41) is 6.77. The average molecular weight is 380 g/mol. The van der Waals surface area contributed by atoms with Crippen LogP contribution in [0.1, 0.15) is 0 Å². The molecule has 0 aliphatic carbocycles. The van der Waals surface area contributed by atoms with Gasteiger partial charge in [-0.25, -0.2) is 24.0 Å². The lowest BCUT2D eigenvalue weighted by molar-refractivity contribution is -0.116. The molecule has 0 aliphatic rings. The Morgan fingerprint density at radius 3 is 2.68 bits per heavy atom. The van der Waals surface area contributed by atoms with Gasteiger partial charge in [0.15, 0.2) is 11.2 Å². The number of aryl methyl sites for hydroxylation is 2. The number of anilines is 1. The van der Waals surface area contributed by atoms with E-state index in [1.165, 1.54) is 39.8 Å². The van der Waals surface area contributed by atoms with Crippen LogP contribution in [0.3, 0.4) is 0 Å². The minimum Gasteiger partial charge on any atom is -0.328 e. The van der Waals surface area contributed by atoms with Gasteiger partial charge < -0.3 is 9.88 Å². The fourth-order valence-electron chi connectivity index (χ4n) is 2.98. The van der Waals surface area contributed by atoms with Crippen molar-refractivity contribution in [2.75, 3.05) is 5.32 Å². The Bertz CT molecular complexity index is 1300. The van der Waals surface area contributed by atoms with Crippen molar-refractivity contribution < 1.29 is 4.79 Å². The summed E-state index contributed by atoms with van der Waals surface area (Å²) in [6, 6.07) is 7.00. The summed E-state index contributed by atoms with van der Waals surface area (Å²) >= 11 is 0. The highest BCUT2D eigenvalue weighted by Crippen LogP contribution is 2.18. The zero-order valence-corrected chi connectivity index (χ0v) is 15.1. The molecule has 0 aliphatic heterocycles. The fourth-order valence-corrected chi connectivity index (χ4v) is 2.98. The van der Waals surface area contributed by atoms with Crippen LogP contribution in [-0.4, -0.2) is 39.4 Å². The minimum atomic E-state index is -0.615. The second-order valence-corrected chi connectivity index (χ2v) is 6.17. The molecular formula is C17H16N8O3. The van der Waals surface area contributed by atoms with Gasteiger partial charge >= 0.3 is 5.69 Å². The van der Waals surface area contributed by atoms with E-state index < -0.39 is 23.7 Å². The Hall–Kier alpha value is -4.02. The summed E-state index contributed by atoms with van der Waals surface area (Å²) in [4.78, 5) is 45.8. The van der Waals surface area contributed by atoms with Crippen molar-refractivity contribution in [2.45, 2.75) is 6.54 Å². The van der Waals surface area contributed by atoms with Crippen LogP contribution in [0.4, 0.5) is 5.69 Å². The molecule has 1 amide bonds. The first-order chi connectivity index (χ1) is 13.5. The van der Waals surface area contributed by atoms with Gasteiger partial charge in [-0.05, 0) is 12.1 Å². The molecule has 0 atom stereocenters. The summed E-state index contributed by atoms with van der Waals surface area (Å²) in [6.07, 6.45) is 4.33. The number of hydrogen-bond donors (Lipinski definition) is 1. The highest BCUT2D eigenvalue weighted by Gasteiger charge is 2.17. The molecule has 0 fully saturated rings. The number of para-hydroxylation sites is 2. The van der Waals surface area contributed by atoms with Gasteiger partial charge in [-0.1, -0.05) is 12.1 Å².